The average Bonchev–Trinajstić information content (AvgIpc) is 3.04. The van der Waals surface area contributed by atoms with Crippen LogP contribution in [0.2, 0.25) is 0 Å². The molecule has 6 nitrogen and oxygen atoms in total. The standard InChI is InChI=1S/C22H24N2O4S/c1-4-26-20-14-17(21(25)24-22-23-15(2)16(3)29-22)10-11-19(20)28-13-12-27-18-8-6-5-7-9-18/h5-11,14H,4,12-13H2,1-3H3,(H,23,24,25). The Morgan fingerprint density at radius 3 is 2.45 bits per heavy atom. The smallest absolute Gasteiger partial charge is 0.257 e. The van der Waals surface area contributed by atoms with Crippen molar-refractivity contribution in [3.8, 4) is 17.2 Å². The molecular weight excluding hydrogens is 388 g/mol. The molecule has 7 heteroatoms. The number of hydrogen-bond donors (Lipinski definition) is 1. The maximum atomic E-state index is 12.6. The summed E-state index contributed by atoms with van der Waals surface area (Å²) in [4.78, 5) is 18.0. The zero-order chi connectivity index (χ0) is 20.6. The van der Waals surface area contributed by atoms with Crippen molar-refractivity contribution in [1.29, 1.82) is 0 Å². The second kappa shape index (κ2) is 9.93. The van der Waals surface area contributed by atoms with Crippen LogP contribution in [0.15, 0.2) is 48.5 Å². The molecule has 0 saturated carbocycles. The fourth-order valence-corrected chi connectivity index (χ4v) is 3.37. The van der Waals surface area contributed by atoms with Crippen LogP contribution in [0.5, 0.6) is 17.2 Å². The maximum absolute atomic E-state index is 12.6. The molecule has 1 amide bonds. The zero-order valence-electron chi connectivity index (χ0n) is 16.7. The molecule has 0 fully saturated rings. The molecule has 0 aliphatic heterocycles. The number of rotatable bonds is 9. The Hall–Kier alpha value is -3.06. The quantitative estimate of drug-likeness (QED) is 0.508. The first-order valence-corrected chi connectivity index (χ1v) is 10.2. The fourth-order valence-electron chi connectivity index (χ4n) is 2.56. The molecule has 152 valence electrons. The van der Waals surface area contributed by atoms with E-state index in [4.69, 9.17) is 14.2 Å². The molecule has 2 aromatic carbocycles. The van der Waals surface area contributed by atoms with Gasteiger partial charge in [-0.05, 0) is 51.1 Å². The van der Waals surface area contributed by atoms with Crippen LogP contribution in [0.25, 0.3) is 0 Å². The van der Waals surface area contributed by atoms with Crippen LogP contribution >= 0.6 is 11.3 Å². The topological polar surface area (TPSA) is 69.7 Å². The number of benzene rings is 2. The van der Waals surface area contributed by atoms with E-state index in [2.05, 4.69) is 10.3 Å². The Kier molecular flexibility index (Phi) is 7.08. The molecule has 29 heavy (non-hydrogen) atoms. The molecule has 0 aliphatic rings. The van der Waals surface area contributed by atoms with Crippen molar-refractivity contribution in [1.82, 2.24) is 4.98 Å². The molecule has 3 aromatic rings. The summed E-state index contributed by atoms with van der Waals surface area (Å²) in [6, 6.07) is 14.7. The third-order valence-corrected chi connectivity index (χ3v) is 5.10. The second-order valence-corrected chi connectivity index (χ2v) is 7.42. The molecule has 0 saturated heterocycles. The first-order valence-electron chi connectivity index (χ1n) is 9.39. The summed E-state index contributed by atoms with van der Waals surface area (Å²) in [5.74, 6) is 1.65. The normalized spacial score (nSPS) is 10.4. The van der Waals surface area contributed by atoms with Crippen LogP contribution in [0, 0.1) is 13.8 Å². The Labute approximate surface area is 174 Å². The van der Waals surface area contributed by atoms with Gasteiger partial charge in [0.25, 0.3) is 5.91 Å². The molecule has 0 radical (unpaired) electrons. The maximum Gasteiger partial charge on any atom is 0.257 e. The number of carbonyl (C=O) groups excluding carboxylic acids is 1. The molecule has 0 aliphatic carbocycles. The van der Waals surface area contributed by atoms with Crippen molar-refractivity contribution in [2.24, 2.45) is 0 Å². The van der Waals surface area contributed by atoms with Crippen LogP contribution < -0.4 is 19.5 Å². The summed E-state index contributed by atoms with van der Waals surface area (Å²) in [5, 5.41) is 3.42. The summed E-state index contributed by atoms with van der Waals surface area (Å²) in [5.41, 5.74) is 1.40. The zero-order valence-corrected chi connectivity index (χ0v) is 17.5. The summed E-state index contributed by atoms with van der Waals surface area (Å²) in [7, 11) is 0. The number of para-hydroxylation sites is 1. The van der Waals surface area contributed by atoms with E-state index in [1.807, 2.05) is 51.1 Å². The van der Waals surface area contributed by atoms with E-state index >= 15 is 0 Å². The van der Waals surface area contributed by atoms with Gasteiger partial charge in [0.2, 0.25) is 0 Å². The average molecular weight is 413 g/mol. The van der Waals surface area contributed by atoms with Gasteiger partial charge >= 0.3 is 0 Å². The Morgan fingerprint density at radius 1 is 1.00 bits per heavy atom. The number of thiazole rings is 1. The number of carbonyl (C=O) groups is 1. The highest BCUT2D eigenvalue weighted by atomic mass is 32.1. The molecule has 0 unspecified atom stereocenters. The molecule has 3 rings (SSSR count). The number of anilines is 1. The van der Waals surface area contributed by atoms with Gasteiger partial charge in [-0.3, -0.25) is 10.1 Å². The molecule has 1 N–H and O–H groups in total. The minimum absolute atomic E-state index is 0.237. The number of aromatic nitrogens is 1. The van der Waals surface area contributed by atoms with Crippen LogP contribution in [0.3, 0.4) is 0 Å². The van der Waals surface area contributed by atoms with E-state index in [0.717, 1.165) is 16.3 Å². The Morgan fingerprint density at radius 2 is 1.76 bits per heavy atom. The SMILES string of the molecule is CCOc1cc(C(=O)Nc2nc(C)c(C)s2)ccc1OCCOc1ccccc1. The van der Waals surface area contributed by atoms with Crippen molar-refractivity contribution in [2.75, 3.05) is 25.1 Å². The lowest BCUT2D eigenvalue weighted by Crippen LogP contribution is -2.13. The highest BCUT2D eigenvalue weighted by Gasteiger charge is 2.14. The van der Waals surface area contributed by atoms with E-state index in [9.17, 15) is 4.79 Å². The first kappa shape index (κ1) is 20.7. The predicted octanol–water partition coefficient (Wildman–Crippen LogP) is 4.87. The van der Waals surface area contributed by atoms with Crippen LogP contribution in [0.1, 0.15) is 27.9 Å². The van der Waals surface area contributed by atoms with Gasteiger partial charge in [0.05, 0.1) is 12.3 Å². The number of amides is 1. The van der Waals surface area contributed by atoms with Gasteiger partial charge in [-0.1, -0.05) is 18.2 Å². The van der Waals surface area contributed by atoms with Gasteiger partial charge in [-0.25, -0.2) is 4.98 Å². The minimum Gasteiger partial charge on any atom is -0.490 e. The van der Waals surface area contributed by atoms with Gasteiger partial charge in [0.1, 0.15) is 19.0 Å². The van der Waals surface area contributed by atoms with Crippen LogP contribution in [-0.4, -0.2) is 30.7 Å². The second-order valence-electron chi connectivity index (χ2n) is 6.22. The lowest BCUT2D eigenvalue weighted by molar-refractivity contribution is 0.102. The van der Waals surface area contributed by atoms with Gasteiger partial charge in [-0.2, -0.15) is 0 Å². The highest BCUT2D eigenvalue weighted by molar-refractivity contribution is 7.15. The highest BCUT2D eigenvalue weighted by Crippen LogP contribution is 2.29. The van der Waals surface area contributed by atoms with Crippen LogP contribution in [0.4, 0.5) is 5.13 Å². The summed E-state index contributed by atoms with van der Waals surface area (Å²) in [6.45, 7) is 7.01. The minimum atomic E-state index is -0.237. The molecule has 0 atom stereocenters. The molecule has 1 aromatic heterocycles. The summed E-state index contributed by atoms with van der Waals surface area (Å²) < 4.78 is 17.1. The fraction of sp³-hybridized carbons (Fsp3) is 0.273. The van der Waals surface area contributed by atoms with E-state index in [-0.39, 0.29) is 5.91 Å². The number of nitrogens with one attached hydrogen (secondary N) is 1. The first-order chi connectivity index (χ1) is 14.1. The van der Waals surface area contributed by atoms with Crippen molar-refractivity contribution in [3.05, 3.63) is 64.7 Å². The van der Waals surface area contributed by atoms with E-state index in [0.29, 0.717) is 42.0 Å². The van der Waals surface area contributed by atoms with E-state index < -0.39 is 0 Å². The van der Waals surface area contributed by atoms with Gasteiger partial charge in [0, 0.05) is 10.4 Å². The van der Waals surface area contributed by atoms with Gasteiger partial charge < -0.3 is 14.2 Å². The molecule has 1 heterocycles. The van der Waals surface area contributed by atoms with Crippen molar-refractivity contribution < 1.29 is 19.0 Å². The third-order valence-electron chi connectivity index (χ3n) is 4.11. The number of hydrogen-bond acceptors (Lipinski definition) is 6. The van der Waals surface area contributed by atoms with Crippen molar-refractivity contribution in [2.45, 2.75) is 20.8 Å². The lowest BCUT2D eigenvalue weighted by Gasteiger charge is -2.13. The monoisotopic (exact) mass is 412 g/mol. The molecule has 0 bridgehead atoms. The van der Waals surface area contributed by atoms with Crippen LogP contribution in [-0.2, 0) is 0 Å². The summed E-state index contributed by atoms with van der Waals surface area (Å²) in [6.07, 6.45) is 0. The molecular formula is C22H24N2O4S. The van der Waals surface area contributed by atoms with E-state index in [1.165, 1.54) is 11.3 Å². The molecule has 0 spiro atoms. The number of aryl methyl sites for hydroxylation is 2. The predicted molar refractivity (Wildman–Crippen MR) is 115 cm³/mol. The van der Waals surface area contributed by atoms with E-state index in [1.54, 1.807) is 18.2 Å². The number of ether oxygens (including phenoxy) is 3. The lowest BCUT2D eigenvalue weighted by atomic mass is 10.2. The van der Waals surface area contributed by atoms with Gasteiger partial charge in [-0.15, -0.1) is 11.3 Å². The Balaban J connectivity index is 1.62. The largest absolute Gasteiger partial charge is 0.490 e. The van der Waals surface area contributed by atoms with Crippen molar-refractivity contribution >= 4 is 22.4 Å². The Bertz CT molecular complexity index is 937. The third kappa shape index (κ3) is 5.71. The number of nitrogens with zero attached hydrogens (tertiary/aromatic N) is 1. The van der Waals surface area contributed by atoms with Crippen molar-refractivity contribution in [3.63, 3.8) is 0 Å². The van der Waals surface area contributed by atoms with Gasteiger partial charge in [0.15, 0.2) is 16.6 Å². The summed E-state index contributed by atoms with van der Waals surface area (Å²) >= 11 is 1.45.